The van der Waals surface area contributed by atoms with Gasteiger partial charge in [-0.3, -0.25) is 9.78 Å². The SMILES string of the molecule is CNC(=O)c1ccc(OCc2nc3ccc(-c4ccncc4)cc3n2Cc2cc(Cl)ccc2Cl)cn1. The molecule has 5 rings (SSSR count). The lowest BCUT2D eigenvalue weighted by Gasteiger charge is -2.13. The number of carbonyl (C=O) groups is 1. The monoisotopic (exact) mass is 517 g/mol. The Hall–Kier alpha value is -3.94. The van der Waals surface area contributed by atoms with Gasteiger partial charge in [0, 0.05) is 29.5 Å². The molecule has 0 fully saturated rings. The maximum Gasteiger partial charge on any atom is 0.269 e. The summed E-state index contributed by atoms with van der Waals surface area (Å²) in [7, 11) is 1.56. The summed E-state index contributed by atoms with van der Waals surface area (Å²) < 4.78 is 8.07. The lowest BCUT2D eigenvalue weighted by Crippen LogP contribution is -2.18. The molecule has 1 amide bonds. The Bertz CT molecular complexity index is 1540. The molecule has 36 heavy (non-hydrogen) atoms. The number of hydrogen-bond acceptors (Lipinski definition) is 5. The average molecular weight is 518 g/mol. The van der Waals surface area contributed by atoms with Crippen LogP contribution in [0.3, 0.4) is 0 Å². The molecule has 5 aromatic rings. The Labute approximate surface area is 217 Å². The summed E-state index contributed by atoms with van der Waals surface area (Å²) in [5.74, 6) is 0.981. The summed E-state index contributed by atoms with van der Waals surface area (Å²) >= 11 is 12.8. The summed E-state index contributed by atoms with van der Waals surface area (Å²) in [6.45, 7) is 0.653. The van der Waals surface area contributed by atoms with E-state index < -0.39 is 0 Å². The van der Waals surface area contributed by atoms with Crippen molar-refractivity contribution in [2.45, 2.75) is 13.2 Å². The standard InChI is InChI=1S/C27H21Cl2N5O2/c1-30-27(35)24-7-4-21(14-32-24)36-16-26-33-23-6-2-18(17-8-10-31-11-9-17)13-25(23)34(26)15-19-12-20(28)3-5-22(19)29/h2-14H,15-16H2,1H3,(H,30,35). The summed E-state index contributed by atoms with van der Waals surface area (Å²) in [6, 6.07) is 18.8. The molecule has 0 radical (unpaired) electrons. The smallest absolute Gasteiger partial charge is 0.269 e. The van der Waals surface area contributed by atoms with E-state index in [1.165, 1.54) is 6.20 Å². The van der Waals surface area contributed by atoms with Gasteiger partial charge in [0.15, 0.2) is 0 Å². The summed E-state index contributed by atoms with van der Waals surface area (Å²) in [6.07, 6.45) is 5.06. The Balaban J connectivity index is 1.52. The zero-order chi connectivity index (χ0) is 25.1. The Morgan fingerprint density at radius 3 is 2.58 bits per heavy atom. The Morgan fingerprint density at radius 1 is 1.00 bits per heavy atom. The van der Waals surface area contributed by atoms with Gasteiger partial charge in [-0.2, -0.15) is 0 Å². The van der Waals surface area contributed by atoms with Crippen molar-refractivity contribution in [1.82, 2.24) is 24.8 Å². The number of fused-ring (bicyclic) bond motifs is 1. The molecule has 0 aliphatic heterocycles. The molecule has 0 spiro atoms. The normalized spacial score (nSPS) is 11.0. The van der Waals surface area contributed by atoms with Crippen LogP contribution in [0.2, 0.25) is 10.0 Å². The minimum Gasteiger partial charge on any atom is -0.484 e. The lowest BCUT2D eigenvalue weighted by atomic mass is 10.1. The number of carbonyl (C=O) groups excluding carboxylic acids is 1. The number of hydrogen-bond donors (Lipinski definition) is 1. The van der Waals surface area contributed by atoms with E-state index in [-0.39, 0.29) is 12.5 Å². The number of amides is 1. The fraction of sp³-hybridized carbons (Fsp3) is 0.111. The lowest BCUT2D eigenvalue weighted by molar-refractivity contribution is 0.0958. The molecule has 0 saturated heterocycles. The second-order valence-electron chi connectivity index (χ2n) is 8.04. The molecule has 0 bridgehead atoms. The van der Waals surface area contributed by atoms with Crippen LogP contribution in [0, 0.1) is 0 Å². The first-order chi connectivity index (χ1) is 17.5. The molecule has 0 aliphatic rings. The highest BCUT2D eigenvalue weighted by molar-refractivity contribution is 6.33. The van der Waals surface area contributed by atoms with Crippen LogP contribution in [0.5, 0.6) is 5.75 Å². The van der Waals surface area contributed by atoms with Crippen molar-refractivity contribution >= 4 is 40.1 Å². The van der Waals surface area contributed by atoms with Gasteiger partial charge in [0.05, 0.1) is 23.8 Å². The average Bonchev–Trinajstić information content (AvgIpc) is 3.26. The largest absolute Gasteiger partial charge is 0.484 e. The molecule has 9 heteroatoms. The molecule has 3 heterocycles. The predicted molar refractivity (Wildman–Crippen MR) is 140 cm³/mol. The highest BCUT2D eigenvalue weighted by atomic mass is 35.5. The van der Waals surface area contributed by atoms with Crippen molar-refractivity contribution in [3.8, 4) is 16.9 Å². The summed E-state index contributed by atoms with van der Waals surface area (Å²) in [5.41, 5.74) is 5.06. The highest BCUT2D eigenvalue weighted by Crippen LogP contribution is 2.28. The molecule has 0 unspecified atom stereocenters. The third-order valence-electron chi connectivity index (χ3n) is 5.74. The number of nitrogens with zero attached hydrogens (tertiary/aromatic N) is 4. The predicted octanol–water partition coefficient (Wildman–Crippen LogP) is 5.79. The molecule has 0 atom stereocenters. The van der Waals surface area contributed by atoms with Crippen molar-refractivity contribution in [2.75, 3.05) is 7.05 Å². The van der Waals surface area contributed by atoms with Crippen molar-refractivity contribution in [1.29, 1.82) is 0 Å². The van der Waals surface area contributed by atoms with Gasteiger partial charge in [-0.1, -0.05) is 29.3 Å². The van der Waals surface area contributed by atoms with Gasteiger partial charge in [-0.05, 0) is 71.3 Å². The third-order valence-corrected chi connectivity index (χ3v) is 6.34. The van der Waals surface area contributed by atoms with Crippen LogP contribution >= 0.6 is 23.2 Å². The number of imidazole rings is 1. The van der Waals surface area contributed by atoms with E-state index in [2.05, 4.69) is 25.9 Å². The number of halogens is 2. The van der Waals surface area contributed by atoms with Crippen molar-refractivity contribution < 1.29 is 9.53 Å². The second kappa shape index (κ2) is 10.4. The number of benzene rings is 2. The zero-order valence-corrected chi connectivity index (χ0v) is 20.8. The fourth-order valence-electron chi connectivity index (χ4n) is 3.89. The van der Waals surface area contributed by atoms with Gasteiger partial charge in [-0.15, -0.1) is 0 Å². The first-order valence-electron chi connectivity index (χ1n) is 11.2. The van der Waals surface area contributed by atoms with Gasteiger partial charge < -0.3 is 14.6 Å². The van der Waals surface area contributed by atoms with Gasteiger partial charge in [0.2, 0.25) is 0 Å². The first kappa shape index (κ1) is 23.8. The molecule has 2 aromatic carbocycles. The minimum atomic E-state index is -0.258. The number of rotatable bonds is 7. The number of nitrogens with one attached hydrogen (secondary N) is 1. The van der Waals surface area contributed by atoms with Gasteiger partial charge in [0.25, 0.3) is 5.91 Å². The third kappa shape index (κ3) is 5.03. The minimum absolute atomic E-state index is 0.193. The quantitative estimate of drug-likeness (QED) is 0.295. The van der Waals surface area contributed by atoms with Crippen LogP contribution in [0.25, 0.3) is 22.2 Å². The van der Waals surface area contributed by atoms with Crippen LogP contribution in [0.4, 0.5) is 0 Å². The zero-order valence-electron chi connectivity index (χ0n) is 19.3. The molecule has 0 aliphatic carbocycles. The van der Waals surface area contributed by atoms with Crippen molar-refractivity contribution in [3.63, 3.8) is 0 Å². The van der Waals surface area contributed by atoms with Gasteiger partial charge in [0.1, 0.15) is 23.9 Å². The Morgan fingerprint density at radius 2 is 1.83 bits per heavy atom. The topological polar surface area (TPSA) is 81.9 Å². The van der Waals surface area contributed by atoms with E-state index >= 15 is 0 Å². The molecule has 3 aromatic heterocycles. The number of pyridine rings is 2. The second-order valence-corrected chi connectivity index (χ2v) is 8.88. The molecular weight excluding hydrogens is 497 g/mol. The molecule has 180 valence electrons. The molecular formula is C27H21Cl2N5O2. The molecule has 7 nitrogen and oxygen atoms in total. The van der Waals surface area contributed by atoms with Crippen LogP contribution in [-0.2, 0) is 13.2 Å². The van der Waals surface area contributed by atoms with Crippen LogP contribution in [-0.4, -0.2) is 32.5 Å². The maximum atomic E-state index is 11.8. The molecule has 0 saturated carbocycles. The summed E-state index contributed by atoms with van der Waals surface area (Å²) in [5, 5.41) is 3.78. The van der Waals surface area contributed by atoms with E-state index in [4.69, 9.17) is 32.9 Å². The van der Waals surface area contributed by atoms with E-state index in [0.29, 0.717) is 33.9 Å². The number of aromatic nitrogens is 4. The van der Waals surface area contributed by atoms with E-state index in [1.54, 1.807) is 43.7 Å². The Kier molecular flexibility index (Phi) is 6.84. The van der Waals surface area contributed by atoms with Crippen molar-refractivity contribution in [3.05, 3.63) is 106 Å². The van der Waals surface area contributed by atoms with E-state index in [1.807, 2.05) is 30.3 Å². The van der Waals surface area contributed by atoms with Crippen molar-refractivity contribution in [2.24, 2.45) is 0 Å². The first-order valence-corrected chi connectivity index (χ1v) is 11.9. The van der Waals surface area contributed by atoms with Gasteiger partial charge in [-0.25, -0.2) is 9.97 Å². The van der Waals surface area contributed by atoms with Crippen LogP contribution in [0.1, 0.15) is 21.9 Å². The molecule has 1 N–H and O–H groups in total. The number of ether oxygens (including phenoxy) is 1. The summed E-state index contributed by atoms with van der Waals surface area (Å²) in [4.78, 5) is 24.9. The van der Waals surface area contributed by atoms with Crippen LogP contribution in [0.15, 0.2) is 79.3 Å². The van der Waals surface area contributed by atoms with E-state index in [0.717, 1.165) is 27.7 Å². The maximum absolute atomic E-state index is 11.8. The van der Waals surface area contributed by atoms with Gasteiger partial charge >= 0.3 is 0 Å². The highest BCUT2D eigenvalue weighted by Gasteiger charge is 2.15. The van der Waals surface area contributed by atoms with Crippen LogP contribution < -0.4 is 10.1 Å². The van der Waals surface area contributed by atoms with E-state index in [9.17, 15) is 4.79 Å². The fourth-order valence-corrected chi connectivity index (χ4v) is 4.27.